The Kier molecular flexibility index (Phi) is 3.40. The van der Waals surface area contributed by atoms with Crippen LogP contribution in [0.25, 0.3) is 0 Å². The Morgan fingerprint density at radius 1 is 1.43 bits per heavy atom. The molecule has 2 N–H and O–H groups in total. The van der Waals surface area contributed by atoms with Crippen molar-refractivity contribution in [2.45, 2.75) is 44.7 Å². The first kappa shape index (κ1) is 14.3. The van der Waals surface area contributed by atoms with Crippen LogP contribution in [0.2, 0.25) is 0 Å². The summed E-state index contributed by atoms with van der Waals surface area (Å²) in [7, 11) is 4.21. The van der Waals surface area contributed by atoms with Gasteiger partial charge in [-0.3, -0.25) is 9.59 Å². The van der Waals surface area contributed by atoms with Crippen LogP contribution in [0.4, 0.5) is 0 Å². The topological polar surface area (TPSA) is 65.2 Å². The number of aromatic nitrogens is 1. The van der Waals surface area contributed by atoms with E-state index < -0.39 is 0 Å². The number of carbonyl (C=O) groups is 1. The lowest BCUT2D eigenvalue weighted by atomic mass is 9.49. The zero-order valence-corrected chi connectivity index (χ0v) is 12.9. The van der Waals surface area contributed by atoms with E-state index in [0.29, 0.717) is 6.04 Å². The average molecular weight is 289 g/mol. The Morgan fingerprint density at radius 2 is 2.14 bits per heavy atom. The molecule has 0 aromatic carbocycles. The number of amides is 1. The Balaban J connectivity index is 1.73. The number of rotatable bonds is 3. The summed E-state index contributed by atoms with van der Waals surface area (Å²) in [5.74, 6) is -0.246. The van der Waals surface area contributed by atoms with Gasteiger partial charge in [0.05, 0.1) is 0 Å². The van der Waals surface area contributed by atoms with Crippen LogP contribution in [0.1, 0.15) is 41.7 Å². The fourth-order valence-electron chi connectivity index (χ4n) is 3.95. The first-order valence-electron chi connectivity index (χ1n) is 7.61. The van der Waals surface area contributed by atoms with Gasteiger partial charge in [-0.25, -0.2) is 0 Å². The number of hydrogen-bond donors (Lipinski definition) is 2. The lowest BCUT2D eigenvalue weighted by molar-refractivity contribution is -0.0963. The third kappa shape index (κ3) is 2.20. The number of aromatic amines is 1. The van der Waals surface area contributed by atoms with Gasteiger partial charge in [0.25, 0.3) is 5.91 Å². The summed E-state index contributed by atoms with van der Waals surface area (Å²) in [6.07, 6.45) is 6.07. The normalized spacial score (nSPS) is 26.3. The quantitative estimate of drug-likeness (QED) is 0.881. The van der Waals surface area contributed by atoms with Gasteiger partial charge < -0.3 is 15.2 Å². The molecule has 114 valence electrons. The van der Waals surface area contributed by atoms with Crippen molar-refractivity contribution < 1.29 is 4.79 Å². The highest BCUT2D eigenvalue weighted by Crippen LogP contribution is 2.57. The third-order valence-electron chi connectivity index (χ3n) is 5.33. The monoisotopic (exact) mass is 289 g/mol. The van der Waals surface area contributed by atoms with Crippen molar-refractivity contribution >= 4 is 5.91 Å². The van der Waals surface area contributed by atoms with E-state index in [1.807, 2.05) is 0 Å². The molecule has 0 bridgehead atoms. The van der Waals surface area contributed by atoms with Crippen molar-refractivity contribution in [1.82, 2.24) is 15.2 Å². The predicted molar refractivity (Wildman–Crippen MR) is 81.4 cm³/mol. The molecule has 0 saturated heterocycles. The molecule has 1 aromatic rings. The molecular formula is C16H23N3O2. The van der Waals surface area contributed by atoms with Crippen molar-refractivity contribution in [3.05, 3.63) is 33.7 Å². The van der Waals surface area contributed by atoms with Crippen LogP contribution < -0.4 is 10.7 Å². The van der Waals surface area contributed by atoms with E-state index in [0.717, 1.165) is 12.1 Å². The van der Waals surface area contributed by atoms with Crippen LogP contribution >= 0.6 is 0 Å². The fraction of sp³-hybridized carbons (Fsp3) is 0.625. The maximum atomic E-state index is 12.3. The van der Waals surface area contributed by atoms with E-state index in [9.17, 15) is 9.59 Å². The van der Waals surface area contributed by atoms with Gasteiger partial charge in [-0.1, -0.05) is 6.42 Å². The number of nitrogens with zero attached hydrogens (tertiary/aromatic N) is 1. The van der Waals surface area contributed by atoms with E-state index in [-0.39, 0.29) is 28.4 Å². The molecule has 2 unspecified atom stereocenters. The predicted octanol–water partition coefficient (Wildman–Crippen LogP) is 1.29. The second-order valence-corrected chi connectivity index (χ2v) is 6.72. The number of pyridine rings is 1. The first-order chi connectivity index (χ1) is 9.94. The molecule has 5 heteroatoms. The molecule has 2 fully saturated rings. The van der Waals surface area contributed by atoms with Gasteiger partial charge in [0.2, 0.25) is 0 Å². The molecule has 1 amide bonds. The van der Waals surface area contributed by atoms with Gasteiger partial charge in [-0.05, 0) is 40.3 Å². The van der Waals surface area contributed by atoms with Crippen LogP contribution in [-0.2, 0) is 0 Å². The number of carbonyl (C=O) groups excluding carboxylic acids is 1. The van der Waals surface area contributed by atoms with Gasteiger partial charge in [-0.2, -0.15) is 0 Å². The number of hydrogen-bond acceptors (Lipinski definition) is 3. The molecule has 0 aliphatic heterocycles. The summed E-state index contributed by atoms with van der Waals surface area (Å²) < 4.78 is 0. The van der Waals surface area contributed by atoms with Crippen LogP contribution in [-0.4, -0.2) is 42.0 Å². The molecule has 3 rings (SSSR count). The maximum Gasteiger partial charge on any atom is 0.256 e. The van der Waals surface area contributed by atoms with E-state index in [4.69, 9.17) is 0 Å². The van der Waals surface area contributed by atoms with Crippen LogP contribution in [0.15, 0.2) is 17.1 Å². The molecule has 0 radical (unpaired) electrons. The second kappa shape index (κ2) is 4.98. The van der Waals surface area contributed by atoms with Gasteiger partial charge in [0.15, 0.2) is 5.43 Å². The van der Waals surface area contributed by atoms with Crippen molar-refractivity contribution in [2.24, 2.45) is 5.41 Å². The second-order valence-electron chi connectivity index (χ2n) is 6.72. The summed E-state index contributed by atoms with van der Waals surface area (Å²) in [6, 6.07) is 2.22. The first-order valence-corrected chi connectivity index (χ1v) is 7.61. The largest absolute Gasteiger partial charge is 0.364 e. The van der Waals surface area contributed by atoms with Crippen molar-refractivity contribution in [3.63, 3.8) is 0 Å². The van der Waals surface area contributed by atoms with E-state index in [1.54, 1.807) is 6.92 Å². The van der Waals surface area contributed by atoms with E-state index in [2.05, 4.69) is 29.3 Å². The average Bonchev–Trinajstić information content (AvgIpc) is 2.31. The molecule has 5 nitrogen and oxygen atoms in total. The Labute approximate surface area is 124 Å². The molecule has 2 aliphatic carbocycles. The minimum atomic E-state index is -0.246. The van der Waals surface area contributed by atoms with Crippen LogP contribution in [0.5, 0.6) is 0 Å². The summed E-state index contributed by atoms with van der Waals surface area (Å²) in [6.45, 7) is 1.81. The Morgan fingerprint density at radius 3 is 2.67 bits per heavy atom. The highest BCUT2D eigenvalue weighted by Gasteiger charge is 2.59. The van der Waals surface area contributed by atoms with Crippen molar-refractivity contribution in [1.29, 1.82) is 0 Å². The molecular weight excluding hydrogens is 266 g/mol. The molecule has 2 saturated carbocycles. The zero-order valence-electron chi connectivity index (χ0n) is 12.9. The zero-order chi connectivity index (χ0) is 15.2. The lowest BCUT2D eigenvalue weighted by Gasteiger charge is -2.63. The van der Waals surface area contributed by atoms with Gasteiger partial charge in [0.1, 0.15) is 5.56 Å². The summed E-state index contributed by atoms with van der Waals surface area (Å²) in [5.41, 5.74) is 0.998. The highest BCUT2D eigenvalue weighted by molar-refractivity contribution is 5.94. The van der Waals surface area contributed by atoms with Gasteiger partial charge >= 0.3 is 0 Å². The molecule has 1 aromatic heterocycles. The van der Waals surface area contributed by atoms with Gasteiger partial charge in [0, 0.05) is 35.5 Å². The Hall–Kier alpha value is -1.62. The third-order valence-corrected chi connectivity index (χ3v) is 5.33. The Bertz CT molecular complexity index is 616. The lowest BCUT2D eigenvalue weighted by Crippen LogP contribution is -2.70. The maximum absolute atomic E-state index is 12.3. The SMILES string of the molecule is Cc1cc(=O)c(C(=O)NC2CC(N(C)C)C23CCC3)c[nH]1. The van der Waals surface area contributed by atoms with Crippen molar-refractivity contribution in [2.75, 3.05) is 14.1 Å². The summed E-state index contributed by atoms with van der Waals surface area (Å²) in [4.78, 5) is 29.4. The minimum Gasteiger partial charge on any atom is -0.364 e. The summed E-state index contributed by atoms with van der Waals surface area (Å²) in [5, 5.41) is 3.08. The highest BCUT2D eigenvalue weighted by atomic mass is 16.2. The smallest absolute Gasteiger partial charge is 0.256 e. The van der Waals surface area contributed by atoms with E-state index >= 15 is 0 Å². The molecule has 2 aliphatic rings. The molecule has 2 atom stereocenters. The molecule has 1 spiro atoms. The van der Waals surface area contributed by atoms with E-state index in [1.165, 1.54) is 31.5 Å². The molecule has 21 heavy (non-hydrogen) atoms. The van der Waals surface area contributed by atoms with Crippen LogP contribution in [0, 0.1) is 12.3 Å². The number of H-pyrrole nitrogens is 1. The van der Waals surface area contributed by atoms with Gasteiger partial charge in [-0.15, -0.1) is 0 Å². The number of nitrogens with one attached hydrogen (secondary N) is 2. The summed E-state index contributed by atoms with van der Waals surface area (Å²) >= 11 is 0. The fourth-order valence-corrected chi connectivity index (χ4v) is 3.95. The molecule has 1 heterocycles. The minimum absolute atomic E-state index is 0.201. The van der Waals surface area contributed by atoms with Crippen molar-refractivity contribution in [3.8, 4) is 0 Å². The van der Waals surface area contributed by atoms with Crippen LogP contribution in [0.3, 0.4) is 0 Å². The number of aryl methyl sites for hydroxylation is 1. The standard InChI is InChI=1S/C16H23N3O2/c1-10-7-12(20)11(9-17-10)15(21)18-13-8-14(19(2)3)16(13)5-4-6-16/h7,9,13-14H,4-6,8H2,1-3H3,(H,17,20)(H,18,21).